The fourth-order valence-corrected chi connectivity index (χ4v) is 8.53. The highest BCUT2D eigenvalue weighted by atomic mass is 16.2. The van der Waals surface area contributed by atoms with Gasteiger partial charge in [0, 0.05) is 94.8 Å². The van der Waals surface area contributed by atoms with E-state index >= 15 is 0 Å². The molecule has 1 atom stereocenters. The number of rotatable bonds is 9. The lowest BCUT2D eigenvalue weighted by atomic mass is 10.0. The van der Waals surface area contributed by atoms with Crippen molar-refractivity contribution in [2.45, 2.75) is 51.4 Å². The summed E-state index contributed by atoms with van der Waals surface area (Å²) in [6.07, 6.45) is 9.55. The predicted octanol–water partition coefficient (Wildman–Crippen LogP) is 3.47. The third-order valence-corrected chi connectivity index (χ3v) is 11.6. The third-order valence-electron chi connectivity index (χ3n) is 11.6. The predicted molar refractivity (Wildman–Crippen MR) is 214 cm³/mol. The Hall–Kier alpha value is -6.13. The van der Waals surface area contributed by atoms with Gasteiger partial charge in [-0.05, 0) is 67.3 Å². The quantitative estimate of drug-likeness (QED) is 0.202. The van der Waals surface area contributed by atoms with Crippen molar-refractivity contribution in [3.8, 4) is 0 Å². The lowest BCUT2D eigenvalue weighted by Gasteiger charge is -2.43. The molecule has 16 heteroatoms. The van der Waals surface area contributed by atoms with Gasteiger partial charge in [0.1, 0.15) is 17.0 Å². The maximum absolute atomic E-state index is 13.2. The van der Waals surface area contributed by atoms with E-state index in [0.29, 0.717) is 49.1 Å². The molecule has 294 valence electrons. The lowest BCUT2D eigenvalue weighted by Crippen LogP contribution is -2.53. The highest BCUT2D eigenvalue weighted by Crippen LogP contribution is 2.27. The Labute approximate surface area is 329 Å². The molecule has 4 aliphatic rings. The number of anilines is 3. The van der Waals surface area contributed by atoms with E-state index in [1.54, 1.807) is 23.4 Å². The minimum atomic E-state index is -0.388. The molecular weight excluding hydrogens is 725 g/mol. The van der Waals surface area contributed by atoms with Gasteiger partial charge in [0.05, 0.1) is 36.4 Å². The van der Waals surface area contributed by atoms with Crippen LogP contribution in [0.15, 0.2) is 73.3 Å². The number of nitrogens with one attached hydrogen (secondary N) is 3. The van der Waals surface area contributed by atoms with E-state index in [1.165, 1.54) is 5.69 Å². The van der Waals surface area contributed by atoms with Gasteiger partial charge in [-0.2, -0.15) is 5.10 Å². The number of imide groups is 1. The van der Waals surface area contributed by atoms with Crippen LogP contribution in [0.2, 0.25) is 0 Å². The van der Waals surface area contributed by atoms with Gasteiger partial charge in [-0.1, -0.05) is 12.1 Å². The van der Waals surface area contributed by atoms with E-state index in [0.717, 1.165) is 80.9 Å². The summed E-state index contributed by atoms with van der Waals surface area (Å²) in [5.41, 5.74) is 6.17. The first-order valence-corrected chi connectivity index (χ1v) is 19.7. The summed E-state index contributed by atoms with van der Waals surface area (Å²) in [6.45, 7) is 10.3. The second-order valence-corrected chi connectivity index (χ2v) is 15.5. The van der Waals surface area contributed by atoms with Gasteiger partial charge in [-0.3, -0.25) is 44.1 Å². The number of fused-ring (bicyclic) bond motifs is 3. The van der Waals surface area contributed by atoms with Crippen molar-refractivity contribution < 1.29 is 19.2 Å². The molecule has 5 amide bonds. The normalized spacial score (nSPS) is 19.7. The van der Waals surface area contributed by atoms with Crippen molar-refractivity contribution in [3.05, 3.63) is 95.8 Å². The van der Waals surface area contributed by atoms with Crippen LogP contribution < -0.4 is 25.8 Å². The van der Waals surface area contributed by atoms with Crippen molar-refractivity contribution in [1.29, 1.82) is 0 Å². The Morgan fingerprint density at radius 2 is 1.67 bits per heavy atom. The first-order valence-electron chi connectivity index (χ1n) is 19.7. The van der Waals surface area contributed by atoms with E-state index in [4.69, 9.17) is 0 Å². The van der Waals surface area contributed by atoms with Gasteiger partial charge in [0.2, 0.25) is 5.91 Å². The zero-order valence-electron chi connectivity index (χ0n) is 31.9. The van der Waals surface area contributed by atoms with E-state index in [2.05, 4.69) is 70.0 Å². The first kappa shape index (κ1) is 36.5. The second kappa shape index (κ2) is 15.4. The molecule has 0 aliphatic carbocycles. The molecule has 3 N–H and O–H groups in total. The molecule has 4 aromatic heterocycles. The first-order chi connectivity index (χ1) is 27.7. The Bertz CT molecular complexity index is 2320. The van der Waals surface area contributed by atoms with Gasteiger partial charge in [0.25, 0.3) is 11.8 Å². The number of benzene rings is 1. The summed E-state index contributed by atoms with van der Waals surface area (Å²) in [5, 5.41) is 13.5. The Morgan fingerprint density at radius 1 is 0.860 bits per heavy atom. The number of hydrogen-bond donors (Lipinski definition) is 3. The van der Waals surface area contributed by atoms with Crippen LogP contribution in [-0.4, -0.2) is 116 Å². The number of carbonyl (C=O) groups is 4. The number of nitrogens with zero attached hydrogens (tertiary/aromatic N) is 9. The summed E-state index contributed by atoms with van der Waals surface area (Å²) in [6, 6.07) is 16.2. The van der Waals surface area contributed by atoms with Gasteiger partial charge in [-0.25, -0.2) is 9.78 Å². The highest BCUT2D eigenvalue weighted by Gasteiger charge is 2.29. The Balaban J connectivity index is 0.730. The summed E-state index contributed by atoms with van der Waals surface area (Å²) in [5.74, 6) is -0.708. The molecule has 0 unspecified atom stereocenters. The minimum Gasteiger partial charge on any atom is -0.371 e. The number of pyridine rings is 2. The van der Waals surface area contributed by atoms with Crippen LogP contribution in [0.25, 0.3) is 11.0 Å². The van der Waals surface area contributed by atoms with Crippen molar-refractivity contribution in [2.24, 2.45) is 0 Å². The molecule has 3 saturated heterocycles. The topological polar surface area (TPSA) is 166 Å². The Kier molecular flexibility index (Phi) is 9.88. The van der Waals surface area contributed by atoms with Crippen molar-refractivity contribution in [3.63, 3.8) is 0 Å². The van der Waals surface area contributed by atoms with E-state index in [9.17, 15) is 19.2 Å². The summed E-state index contributed by atoms with van der Waals surface area (Å²) in [4.78, 5) is 67.6. The van der Waals surface area contributed by atoms with Crippen LogP contribution in [0.1, 0.15) is 64.3 Å². The number of carbonyl (C=O) groups excluding carboxylic acids is 4. The van der Waals surface area contributed by atoms with Gasteiger partial charge in [-0.15, -0.1) is 0 Å². The van der Waals surface area contributed by atoms with Crippen LogP contribution in [-0.2, 0) is 17.9 Å². The molecule has 0 bridgehead atoms. The average molecular weight is 771 g/mol. The van der Waals surface area contributed by atoms with Crippen LogP contribution in [0.4, 0.5) is 21.9 Å². The summed E-state index contributed by atoms with van der Waals surface area (Å²) in [7, 11) is 0. The maximum Gasteiger partial charge on any atom is 0.328 e. The fourth-order valence-electron chi connectivity index (χ4n) is 8.53. The lowest BCUT2D eigenvalue weighted by molar-refractivity contribution is -0.120. The van der Waals surface area contributed by atoms with Crippen molar-refractivity contribution in [1.82, 2.24) is 44.7 Å². The molecule has 0 radical (unpaired) electrons. The zero-order chi connectivity index (χ0) is 39.0. The SMILES string of the molecule is C[C@@H]1CNC(=O)c2cc3ccc(C(=O)Nc4cnn(Cc5ccc(N6CCC(N7CCN(Cc8cncc(N9CCC(=O)NC9=O)c8)CC7)CC6)cc5)c4)nc3n21. The van der Waals surface area contributed by atoms with Crippen LogP contribution in [0.3, 0.4) is 0 Å². The molecule has 0 saturated carbocycles. The number of aromatic nitrogens is 5. The van der Waals surface area contributed by atoms with Crippen LogP contribution in [0.5, 0.6) is 0 Å². The summed E-state index contributed by atoms with van der Waals surface area (Å²) >= 11 is 0. The molecule has 5 aromatic rings. The molecule has 4 aliphatic heterocycles. The van der Waals surface area contributed by atoms with Crippen molar-refractivity contribution >= 4 is 51.8 Å². The molecular formula is C41H46N12O4. The molecule has 16 nitrogen and oxygen atoms in total. The average Bonchev–Trinajstić information content (AvgIpc) is 3.84. The number of piperidine rings is 1. The van der Waals surface area contributed by atoms with E-state index in [1.807, 2.05) is 46.8 Å². The smallest absolute Gasteiger partial charge is 0.328 e. The molecule has 8 heterocycles. The number of amides is 5. The number of piperazine rings is 1. The highest BCUT2D eigenvalue weighted by molar-refractivity contribution is 6.06. The molecule has 0 spiro atoms. The second-order valence-electron chi connectivity index (χ2n) is 15.5. The molecule has 57 heavy (non-hydrogen) atoms. The Morgan fingerprint density at radius 3 is 2.46 bits per heavy atom. The number of urea groups is 1. The third kappa shape index (κ3) is 7.69. The molecule has 1 aromatic carbocycles. The maximum atomic E-state index is 13.2. The number of hydrogen-bond acceptors (Lipinski definition) is 10. The summed E-state index contributed by atoms with van der Waals surface area (Å²) < 4.78 is 3.71. The van der Waals surface area contributed by atoms with Crippen molar-refractivity contribution in [2.75, 3.05) is 67.5 Å². The van der Waals surface area contributed by atoms with Gasteiger partial charge >= 0.3 is 6.03 Å². The van der Waals surface area contributed by atoms with Crippen LogP contribution in [0, 0.1) is 0 Å². The zero-order valence-corrected chi connectivity index (χ0v) is 31.9. The van der Waals surface area contributed by atoms with Gasteiger partial charge < -0.3 is 20.1 Å². The largest absolute Gasteiger partial charge is 0.371 e. The fraction of sp³-hybridized carbons (Fsp3) is 0.390. The minimum absolute atomic E-state index is 0.0377. The van der Waals surface area contributed by atoms with E-state index in [-0.39, 0.29) is 35.5 Å². The standard InChI is InChI=1S/C41H46N12O4/c1-27-20-43-40(56)36-19-30-4-7-35(46-38(30)53(27)36)39(55)45-31-22-44-51(26-31)25-28-2-5-32(6-3-28)49-11-8-33(9-12-49)50-16-14-48(15-17-50)24-29-18-34(23-42-21-29)52-13-10-37(54)47-41(52)57/h2-7,18-19,21-23,26-27,33H,8-17,20,24-25H2,1H3,(H,43,56)(H,45,55)(H,47,54,57)/t27-/m1/s1. The molecule has 3 fully saturated rings. The van der Waals surface area contributed by atoms with Crippen LogP contribution >= 0.6 is 0 Å². The molecule has 9 rings (SSSR count). The van der Waals surface area contributed by atoms with E-state index < -0.39 is 0 Å². The monoisotopic (exact) mass is 770 g/mol. The van der Waals surface area contributed by atoms with Gasteiger partial charge in [0.15, 0.2) is 0 Å².